The Balaban J connectivity index is 1.48. The Morgan fingerprint density at radius 2 is 1.56 bits per heavy atom. The van der Waals surface area contributed by atoms with Crippen molar-refractivity contribution < 1.29 is 14.3 Å². The van der Waals surface area contributed by atoms with Crippen LogP contribution in [0.4, 0.5) is 5.69 Å². The molecule has 32 heavy (non-hydrogen) atoms. The van der Waals surface area contributed by atoms with Crippen LogP contribution >= 0.6 is 0 Å². The van der Waals surface area contributed by atoms with Gasteiger partial charge >= 0.3 is 0 Å². The predicted molar refractivity (Wildman–Crippen MR) is 125 cm³/mol. The smallest absolute Gasteiger partial charge is 0.227 e. The first-order valence-corrected chi connectivity index (χ1v) is 10.7. The number of anilines is 1. The van der Waals surface area contributed by atoms with E-state index in [-0.39, 0.29) is 11.8 Å². The third-order valence-corrected chi connectivity index (χ3v) is 6.06. The molecule has 5 rings (SSSR count). The summed E-state index contributed by atoms with van der Waals surface area (Å²) in [4.78, 5) is 19.7. The molecule has 4 aromatic rings. The minimum atomic E-state index is 0.0234. The molecule has 0 radical (unpaired) electrons. The lowest BCUT2D eigenvalue weighted by molar-refractivity contribution is -0.117. The van der Waals surface area contributed by atoms with Crippen molar-refractivity contribution >= 4 is 22.6 Å². The maximum Gasteiger partial charge on any atom is 0.227 e. The molecule has 1 fully saturated rings. The summed E-state index contributed by atoms with van der Waals surface area (Å²) >= 11 is 0. The minimum Gasteiger partial charge on any atom is -0.497 e. The summed E-state index contributed by atoms with van der Waals surface area (Å²) in [7, 11) is 3.31. The number of para-hydroxylation sites is 2. The molecule has 6 heteroatoms. The van der Waals surface area contributed by atoms with Gasteiger partial charge in [0.05, 0.1) is 25.3 Å². The number of fused-ring (bicyclic) bond motifs is 1. The lowest BCUT2D eigenvalue weighted by Crippen LogP contribution is -2.24. The Morgan fingerprint density at radius 1 is 0.906 bits per heavy atom. The van der Waals surface area contributed by atoms with Crippen molar-refractivity contribution in [2.24, 2.45) is 0 Å². The van der Waals surface area contributed by atoms with Gasteiger partial charge in [0.15, 0.2) is 0 Å². The quantitative estimate of drug-likeness (QED) is 0.451. The molecule has 0 saturated carbocycles. The second kappa shape index (κ2) is 8.38. The predicted octanol–water partition coefficient (Wildman–Crippen LogP) is 4.62. The van der Waals surface area contributed by atoms with Crippen LogP contribution in [0.2, 0.25) is 0 Å². The van der Waals surface area contributed by atoms with Gasteiger partial charge in [-0.1, -0.05) is 24.3 Å². The van der Waals surface area contributed by atoms with Gasteiger partial charge in [0, 0.05) is 31.1 Å². The van der Waals surface area contributed by atoms with Crippen molar-refractivity contribution in [3.63, 3.8) is 0 Å². The number of ether oxygens (including phenoxy) is 2. The van der Waals surface area contributed by atoms with Crippen LogP contribution in [0.5, 0.6) is 11.5 Å². The Kier molecular flexibility index (Phi) is 5.27. The van der Waals surface area contributed by atoms with Gasteiger partial charge in [-0.15, -0.1) is 0 Å². The maximum atomic E-state index is 12.9. The van der Waals surface area contributed by atoms with Gasteiger partial charge in [-0.25, -0.2) is 4.98 Å². The van der Waals surface area contributed by atoms with Crippen LogP contribution in [-0.2, 0) is 11.3 Å². The summed E-state index contributed by atoms with van der Waals surface area (Å²) in [5, 5.41) is 0. The summed E-state index contributed by atoms with van der Waals surface area (Å²) in [6.07, 6.45) is 0.442. The lowest BCUT2D eigenvalue weighted by Gasteiger charge is -2.18. The second-order valence-corrected chi connectivity index (χ2v) is 8.00. The zero-order chi connectivity index (χ0) is 22.1. The molecule has 1 aliphatic rings. The van der Waals surface area contributed by atoms with Gasteiger partial charge in [-0.05, 0) is 54.1 Å². The maximum absolute atomic E-state index is 12.9. The van der Waals surface area contributed by atoms with E-state index in [1.165, 1.54) is 0 Å². The van der Waals surface area contributed by atoms with Crippen molar-refractivity contribution in [1.29, 1.82) is 0 Å². The van der Waals surface area contributed by atoms with Crippen molar-refractivity contribution in [3.8, 4) is 11.5 Å². The first-order chi connectivity index (χ1) is 15.7. The topological polar surface area (TPSA) is 56.6 Å². The van der Waals surface area contributed by atoms with Crippen LogP contribution in [0.15, 0.2) is 72.8 Å². The number of carbonyl (C=O) groups is 1. The van der Waals surface area contributed by atoms with Crippen LogP contribution in [0.25, 0.3) is 11.0 Å². The molecule has 162 valence electrons. The molecule has 6 nitrogen and oxygen atoms in total. The van der Waals surface area contributed by atoms with Crippen LogP contribution in [0, 0.1) is 0 Å². The van der Waals surface area contributed by atoms with Crippen molar-refractivity contribution in [2.75, 3.05) is 25.7 Å². The van der Waals surface area contributed by atoms with Gasteiger partial charge in [-0.2, -0.15) is 0 Å². The first-order valence-electron chi connectivity index (χ1n) is 10.7. The average molecular weight is 428 g/mol. The number of carbonyl (C=O) groups excluding carboxylic acids is 1. The van der Waals surface area contributed by atoms with E-state index >= 15 is 0 Å². The van der Waals surface area contributed by atoms with Crippen LogP contribution in [0.3, 0.4) is 0 Å². The van der Waals surface area contributed by atoms with Crippen LogP contribution < -0.4 is 14.4 Å². The van der Waals surface area contributed by atoms with E-state index in [1.807, 2.05) is 59.5 Å². The number of benzene rings is 3. The fraction of sp³-hybridized carbons (Fsp3) is 0.231. The van der Waals surface area contributed by atoms with E-state index < -0.39 is 0 Å². The zero-order valence-electron chi connectivity index (χ0n) is 18.2. The summed E-state index contributed by atoms with van der Waals surface area (Å²) < 4.78 is 12.8. The number of hydrogen-bond acceptors (Lipinski definition) is 4. The molecule has 1 amide bonds. The molecule has 3 aromatic carbocycles. The van der Waals surface area contributed by atoms with E-state index in [1.54, 1.807) is 14.2 Å². The van der Waals surface area contributed by atoms with E-state index in [0.29, 0.717) is 19.5 Å². The van der Waals surface area contributed by atoms with Gasteiger partial charge in [0.25, 0.3) is 0 Å². The molecule has 0 N–H and O–H groups in total. The van der Waals surface area contributed by atoms with Gasteiger partial charge in [-0.3, -0.25) is 4.79 Å². The standard InChI is InChI=1S/C26H25N3O3/c1-31-21-11-7-18(8-12-21)16-29-24-6-4-3-5-23(24)27-26(29)19-15-25(30)28(17-19)20-9-13-22(32-2)14-10-20/h3-14,19H,15-17H2,1-2H3/t19-/m0/s1. The largest absolute Gasteiger partial charge is 0.497 e. The molecule has 1 saturated heterocycles. The van der Waals surface area contributed by atoms with Crippen molar-refractivity contribution in [3.05, 3.63) is 84.2 Å². The fourth-order valence-corrected chi connectivity index (χ4v) is 4.38. The number of nitrogens with zero attached hydrogens (tertiary/aromatic N) is 3. The average Bonchev–Trinajstić information content (AvgIpc) is 3.40. The summed E-state index contributed by atoms with van der Waals surface area (Å²) in [5.41, 5.74) is 4.07. The Bertz CT molecular complexity index is 1250. The fourth-order valence-electron chi connectivity index (χ4n) is 4.38. The molecule has 1 atom stereocenters. The first kappa shape index (κ1) is 20.1. The third-order valence-electron chi connectivity index (χ3n) is 6.06. The lowest BCUT2D eigenvalue weighted by atomic mass is 10.1. The number of amides is 1. The van der Waals surface area contributed by atoms with Gasteiger partial charge in [0.1, 0.15) is 17.3 Å². The SMILES string of the molecule is COc1ccc(Cn2c([C@H]3CC(=O)N(c4ccc(OC)cc4)C3)nc3ccccc32)cc1. The van der Waals surface area contributed by atoms with E-state index in [4.69, 9.17) is 14.5 Å². The molecule has 1 aliphatic heterocycles. The van der Waals surface area contributed by atoms with E-state index in [2.05, 4.69) is 22.8 Å². The normalized spacial score (nSPS) is 16.0. The van der Waals surface area contributed by atoms with Gasteiger partial charge < -0.3 is 18.9 Å². The summed E-state index contributed by atoms with van der Waals surface area (Å²) in [5.74, 6) is 2.70. The van der Waals surface area contributed by atoms with Crippen molar-refractivity contribution in [2.45, 2.75) is 18.9 Å². The van der Waals surface area contributed by atoms with Crippen LogP contribution in [-0.4, -0.2) is 36.2 Å². The highest BCUT2D eigenvalue weighted by molar-refractivity contribution is 5.96. The summed E-state index contributed by atoms with van der Waals surface area (Å²) in [6, 6.07) is 23.9. The zero-order valence-corrected chi connectivity index (χ0v) is 18.2. The van der Waals surface area contributed by atoms with Crippen LogP contribution in [0.1, 0.15) is 23.7 Å². The van der Waals surface area contributed by atoms with E-state index in [9.17, 15) is 4.79 Å². The minimum absolute atomic E-state index is 0.0234. The Labute approximate surface area is 187 Å². The molecule has 2 heterocycles. The molecule has 1 aromatic heterocycles. The monoisotopic (exact) mass is 427 g/mol. The van der Waals surface area contributed by atoms with E-state index in [0.717, 1.165) is 39.6 Å². The number of imidazole rings is 1. The number of rotatable bonds is 6. The number of aromatic nitrogens is 2. The highest BCUT2D eigenvalue weighted by atomic mass is 16.5. The molecule has 0 spiro atoms. The van der Waals surface area contributed by atoms with Gasteiger partial charge in [0.2, 0.25) is 5.91 Å². The number of hydrogen-bond donors (Lipinski definition) is 0. The van der Waals surface area contributed by atoms with Crippen molar-refractivity contribution in [1.82, 2.24) is 9.55 Å². The molecular weight excluding hydrogens is 402 g/mol. The highest BCUT2D eigenvalue weighted by Crippen LogP contribution is 2.34. The summed E-state index contributed by atoms with van der Waals surface area (Å²) in [6.45, 7) is 1.30. The Morgan fingerprint density at radius 3 is 2.25 bits per heavy atom. The molecule has 0 aliphatic carbocycles. The third kappa shape index (κ3) is 3.68. The molecule has 0 bridgehead atoms. The molecular formula is C26H25N3O3. The Hall–Kier alpha value is -3.80. The highest BCUT2D eigenvalue weighted by Gasteiger charge is 2.34. The number of methoxy groups -OCH3 is 2. The second-order valence-electron chi connectivity index (χ2n) is 8.00. The molecule has 0 unspecified atom stereocenters.